The molecule has 0 saturated heterocycles. The van der Waals surface area contributed by atoms with Crippen molar-refractivity contribution in [2.75, 3.05) is 25.1 Å². The highest BCUT2D eigenvalue weighted by molar-refractivity contribution is 6.08. The smallest absolute Gasteiger partial charge is 0.200 e. The van der Waals surface area contributed by atoms with Crippen LogP contribution in [0.2, 0.25) is 0 Å². The lowest BCUT2D eigenvalue weighted by Crippen LogP contribution is -2.23. The summed E-state index contributed by atoms with van der Waals surface area (Å²) in [6.07, 6.45) is 0. The Morgan fingerprint density at radius 3 is 2.55 bits per heavy atom. The number of rotatable bonds is 4. The van der Waals surface area contributed by atoms with Gasteiger partial charge in [0.15, 0.2) is 22.6 Å². The average Bonchev–Trinajstić information content (AvgIpc) is 2.55. The zero-order valence-electron chi connectivity index (χ0n) is 13.1. The fraction of sp³-hybridized carbons (Fsp3) is 0.278. The third-order valence-electron chi connectivity index (χ3n) is 3.97. The van der Waals surface area contributed by atoms with Crippen molar-refractivity contribution in [2.24, 2.45) is 0 Å². The Bertz CT molecular complexity index is 879. The van der Waals surface area contributed by atoms with E-state index in [4.69, 9.17) is 9.15 Å². The molecule has 22 heavy (non-hydrogen) atoms. The normalized spacial score (nSPS) is 11.0. The predicted molar refractivity (Wildman–Crippen MR) is 90.1 cm³/mol. The predicted octanol–water partition coefficient (Wildman–Crippen LogP) is 3.80. The summed E-state index contributed by atoms with van der Waals surface area (Å²) >= 11 is 0. The van der Waals surface area contributed by atoms with E-state index in [1.165, 1.54) is 0 Å². The van der Waals surface area contributed by atoms with Crippen LogP contribution in [0.15, 0.2) is 45.6 Å². The van der Waals surface area contributed by atoms with Crippen molar-refractivity contribution in [3.05, 3.63) is 46.6 Å². The number of anilines is 1. The summed E-state index contributed by atoms with van der Waals surface area (Å²) in [6, 6.07) is 11.2. The first-order valence-electron chi connectivity index (χ1n) is 7.48. The summed E-state index contributed by atoms with van der Waals surface area (Å²) in [6.45, 7) is 5.62. The van der Waals surface area contributed by atoms with E-state index < -0.39 is 0 Å². The maximum Gasteiger partial charge on any atom is 0.200 e. The van der Waals surface area contributed by atoms with Gasteiger partial charge in [-0.25, -0.2) is 0 Å². The van der Waals surface area contributed by atoms with Gasteiger partial charge in [-0.05, 0) is 30.7 Å². The average molecular weight is 297 g/mol. The minimum absolute atomic E-state index is 0.0433. The van der Waals surface area contributed by atoms with Crippen LogP contribution in [0.3, 0.4) is 0 Å². The molecular weight excluding hydrogens is 278 g/mol. The lowest BCUT2D eigenvalue weighted by atomic mass is 10.0. The summed E-state index contributed by atoms with van der Waals surface area (Å²) in [5, 5.41) is 2.43. The molecule has 0 radical (unpaired) electrons. The zero-order chi connectivity index (χ0) is 15.7. The molecule has 0 N–H and O–H groups in total. The molecule has 0 amide bonds. The molecule has 1 heterocycles. The van der Waals surface area contributed by atoms with Crippen molar-refractivity contribution in [3.8, 4) is 5.75 Å². The van der Waals surface area contributed by atoms with Crippen molar-refractivity contribution >= 4 is 27.6 Å². The summed E-state index contributed by atoms with van der Waals surface area (Å²) in [7, 11) is 1.59. The van der Waals surface area contributed by atoms with Crippen molar-refractivity contribution in [1.29, 1.82) is 0 Å². The molecule has 0 aliphatic heterocycles. The first-order valence-corrected chi connectivity index (χ1v) is 7.48. The monoisotopic (exact) mass is 297 g/mol. The summed E-state index contributed by atoms with van der Waals surface area (Å²) in [4.78, 5) is 14.7. The summed E-state index contributed by atoms with van der Waals surface area (Å²) in [5.41, 5.74) is 0.467. The Balaban J connectivity index is 2.43. The molecule has 114 valence electrons. The number of benzene rings is 2. The van der Waals surface area contributed by atoms with Crippen LogP contribution in [0.1, 0.15) is 13.8 Å². The van der Waals surface area contributed by atoms with E-state index in [-0.39, 0.29) is 5.43 Å². The second-order valence-corrected chi connectivity index (χ2v) is 5.13. The van der Waals surface area contributed by atoms with Crippen LogP contribution >= 0.6 is 0 Å². The quantitative estimate of drug-likeness (QED) is 0.687. The molecule has 1 aromatic heterocycles. The highest BCUT2D eigenvalue weighted by atomic mass is 16.5. The van der Waals surface area contributed by atoms with Gasteiger partial charge in [0.05, 0.1) is 12.5 Å². The molecule has 3 aromatic rings. The lowest BCUT2D eigenvalue weighted by Gasteiger charge is -2.19. The van der Waals surface area contributed by atoms with E-state index in [9.17, 15) is 4.79 Å². The van der Waals surface area contributed by atoms with Gasteiger partial charge < -0.3 is 14.1 Å². The molecular formula is C18H19NO3. The van der Waals surface area contributed by atoms with Crippen LogP contribution in [0, 0.1) is 0 Å². The third-order valence-corrected chi connectivity index (χ3v) is 3.97. The highest BCUT2D eigenvalue weighted by Gasteiger charge is 2.15. The largest absolute Gasteiger partial charge is 0.493 e. The van der Waals surface area contributed by atoms with Gasteiger partial charge in [-0.2, -0.15) is 0 Å². The van der Waals surface area contributed by atoms with Crippen LogP contribution < -0.4 is 15.1 Å². The van der Waals surface area contributed by atoms with E-state index >= 15 is 0 Å². The van der Waals surface area contributed by atoms with Crippen LogP contribution in [-0.2, 0) is 0 Å². The lowest BCUT2D eigenvalue weighted by molar-refractivity contribution is 0.409. The molecule has 0 bridgehead atoms. The minimum atomic E-state index is -0.0433. The Labute approximate surface area is 128 Å². The third kappa shape index (κ3) is 2.21. The molecule has 0 unspecified atom stereocenters. The van der Waals surface area contributed by atoms with Gasteiger partial charge in [-0.15, -0.1) is 0 Å². The second-order valence-electron chi connectivity index (χ2n) is 5.13. The van der Waals surface area contributed by atoms with Crippen molar-refractivity contribution in [3.63, 3.8) is 0 Å². The zero-order valence-corrected chi connectivity index (χ0v) is 13.1. The van der Waals surface area contributed by atoms with Crippen LogP contribution in [0.5, 0.6) is 5.75 Å². The Morgan fingerprint density at radius 1 is 1.14 bits per heavy atom. The van der Waals surface area contributed by atoms with Crippen LogP contribution in [0.25, 0.3) is 21.7 Å². The topological polar surface area (TPSA) is 42.7 Å². The first-order chi connectivity index (χ1) is 10.7. The molecule has 0 saturated carbocycles. The number of hydrogen-bond donors (Lipinski definition) is 0. The SMILES string of the molecule is CCN(CC)c1cc(=O)c2c(o1)c(OC)cc1ccccc12. The molecule has 0 atom stereocenters. The van der Waals surface area contributed by atoms with Gasteiger partial charge >= 0.3 is 0 Å². The molecule has 4 nitrogen and oxygen atoms in total. The maximum atomic E-state index is 12.7. The Hall–Kier alpha value is -2.49. The molecule has 0 aliphatic rings. The van der Waals surface area contributed by atoms with E-state index in [2.05, 4.69) is 0 Å². The van der Waals surface area contributed by atoms with E-state index in [1.54, 1.807) is 13.2 Å². The number of fused-ring (bicyclic) bond motifs is 3. The number of ether oxygens (including phenoxy) is 1. The summed E-state index contributed by atoms with van der Waals surface area (Å²) < 4.78 is 11.5. The fourth-order valence-electron chi connectivity index (χ4n) is 2.81. The van der Waals surface area contributed by atoms with Gasteiger partial charge in [0.1, 0.15) is 0 Å². The van der Waals surface area contributed by atoms with Crippen LogP contribution in [-0.4, -0.2) is 20.2 Å². The number of methoxy groups -OCH3 is 1. The molecule has 0 fully saturated rings. The van der Waals surface area contributed by atoms with Gasteiger partial charge in [-0.3, -0.25) is 4.79 Å². The van der Waals surface area contributed by atoms with Gasteiger partial charge in [-0.1, -0.05) is 24.3 Å². The minimum Gasteiger partial charge on any atom is -0.493 e. The fourth-order valence-corrected chi connectivity index (χ4v) is 2.81. The van der Waals surface area contributed by atoms with E-state index in [1.807, 2.05) is 49.1 Å². The Kier molecular flexibility index (Phi) is 3.75. The molecule has 4 heteroatoms. The molecule has 0 aliphatic carbocycles. The number of hydrogen-bond acceptors (Lipinski definition) is 4. The van der Waals surface area contributed by atoms with E-state index in [0.717, 1.165) is 23.9 Å². The van der Waals surface area contributed by atoms with Crippen molar-refractivity contribution in [2.45, 2.75) is 13.8 Å². The van der Waals surface area contributed by atoms with Gasteiger partial charge in [0.25, 0.3) is 0 Å². The Morgan fingerprint density at radius 2 is 1.86 bits per heavy atom. The molecule has 0 spiro atoms. The number of nitrogens with zero attached hydrogens (tertiary/aromatic N) is 1. The molecule has 2 aromatic carbocycles. The van der Waals surface area contributed by atoms with Crippen molar-refractivity contribution in [1.82, 2.24) is 0 Å². The first kappa shape index (κ1) is 14.4. The summed E-state index contributed by atoms with van der Waals surface area (Å²) in [5.74, 6) is 1.16. The van der Waals surface area contributed by atoms with Crippen molar-refractivity contribution < 1.29 is 9.15 Å². The van der Waals surface area contributed by atoms with Gasteiger partial charge in [0, 0.05) is 19.2 Å². The van der Waals surface area contributed by atoms with Crippen LogP contribution in [0.4, 0.5) is 5.88 Å². The molecule has 3 rings (SSSR count). The van der Waals surface area contributed by atoms with Gasteiger partial charge in [0.2, 0.25) is 0 Å². The highest BCUT2D eigenvalue weighted by Crippen LogP contribution is 2.33. The standard InChI is InChI=1S/C18H19NO3/c1-4-19(5-2)16-11-14(20)17-13-9-7-6-8-12(13)10-15(21-3)18(17)22-16/h6-11H,4-5H2,1-3H3. The second kappa shape index (κ2) is 5.72. The maximum absolute atomic E-state index is 12.7. The van der Waals surface area contributed by atoms with E-state index in [0.29, 0.717) is 22.6 Å².